The fraction of sp³-hybridized carbons (Fsp3) is 0.143. The van der Waals surface area contributed by atoms with Gasteiger partial charge in [-0.25, -0.2) is 9.97 Å². The van der Waals surface area contributed by atoms with Gasteiger partial charge in [0.25, 0.3) is 0 Å². The van der Waals surface area contributed by atoms with Crippen LogP contribution in [0.25, 0.3) is 0 Å². The molecule has 1 atom stereocenters. The van der Waals surface area contributed by atoms with Gasteiger partial charge in [-0.2, -0.15) is 5.26 Å². The average molecular weight is 284 g/mol. The fourth-order valence-corrected chi connectivity index (χ4v) is 2.39. The van der Waals surface area contributed by atoms with Crippen LogP contribution in [0.4, 0.5) is 5.82 Å². The van der Waals surface area contributed by atoms with Crippen molar-refractivity contribution >= 4 is 23.4 Å². The van der Waals surface area contributed by atoms with Gasteiger partial charge in [-0.05, 0) is 6.92 Å². The van der Waals surface area contributed by atoms with Crippen molar-refractivity contribution in [2.75, 3.05) is 5.73 Å². The lowest BCUT2D eigenvalue weighted by atomic mass is 10.1. The number of carbonyl (C=O) groups is 1. The lowest BCUT2D eigenvalue weighted by molar-refractivity contribution is 0.0994. The molecule has 2 rings (SSSR count). The van der Waals surface area contributed by atoms with Crippen LogP contribution in [-0.2, 0) is 0 Å². The first-order valence-electron chi connectivity index (χ1n) is 5.90. The highest BCUT2D eigenvalue weighted by molar-refractivity contribution is 8.00. The Bertz CT molecular complexity index is 667. The first-order chi connectivity index (χ1) is 9.61. The van der Waals surface area contributed by atoms with Gasteiger partial charge >= 0.3 is 0 Å². The summed E-state index contributed by atoms with van der Waals surface area (Å²) in [6, 6.07) is 10.9. The summed E-state index contributed by atoms with van der Waals surface area (Å²) >= 11 is 1.22. The first-order valence-corrected chi connectivity index (χ1v) is 6.78. The van der Waals surface area contributed by atoms with E-state index >= 15 is 0 Å². The summed E-state index contributed by atoms with van der Waals surface area (Å²) < 4.78 is 0. The maximum atomic E-state index is 12.2. The van der Waals surface area contributed by atoms with Crippen LogP contribution < -0.4 is 5.73 Å². The van der Waals surface area contributed by atoms with Crippen molar-refractivity contribution in [2.45, 2.75) is 17.3 Å². The van der Waals surface area contributed by atoms with E-state index in [2.05, 4.69) is 9.97 Å². The SMILES string of the molecule is CC(Sc1ncc(C#N)c(N)n1)C(=O)c1ccccc1. The van der Waals surface area contributed by atoms with Crippen molar-refractivity contribution in [1.29, 1.82) is 5.26 Å². The first kappa shape index (κ1) is 14.0. The van der Waals surface area contributed by atoms with E-state index in [0.717, 1.165) is 0 Å². The minimum Gasteiger partial charge on any atom is -0.382 e. The third-order valence-electron chi connectivity index (χ3n) is 2.63. The minimum atomic E-state index is -0.329. The van der Waals surface area contributed by atoms with Gasteiger partial charge in [-0.3, -0.25) is 4.79 Å². The van der Waals surface area contributed by atoms with Crippen molar-refractivity contribution in [2.24, 2.45) is 0 Å². The van der Waals surface area contributed by atoms with Crippen molar-refractivity contribution in [3.8, 4) is 6.07 Å². The summed E-state index contributed by atoms with van der Waals surface area (Å²) in [4.78, 5) is 20.2. The van der Waals surface area contributed by atoms with Gasteiger partial charge in [0, 0.05) is 5.56 Å². The molecule has 100 valence electrons. The standard InChI is InChI=1S/C14H12N4OS/c1-9(12(19)10-5-3-2-4-6-10)20-14-17-8-11(7-15)13(16)18-14/h2-6,8-9H,1H3,(H2,16,17,18). The predicted molar refractivity (Wildman–Crippen MR) is 77.3 cm³/mol. The lowest BCUT2D eigenvalue weighted by Crippen LogP contribution is -2.14. The number of hydrogen-bond donors (Lipinski definition) is 1. The summed E-state index contributed by atoms with van der Waals surface area (Å²) in [6.07, 6.45) is 1.37. The number of carbonyl (C=O) groups excluding carboxylic acids is 1. The van der Waals surface area contributed by atoms with Gasteiger partial charge in [0.1, 0.15) is 17.5 Å². The maximum absolute atomic E-state index is 12.2. The molecule has 0 saturated carbocycles. The number of nitrogen functional groups attached to an aromatic ring is 1. The van der Waals surface area contributed by atoms with Crippen LogP contribution in [0.5, 0.6) is 0 Å². The number of aromatic nitrogens is 2. The molecule has 0 fully saturated rings. The van der Waals surface area contributed by atoms with Crippen LogP contribution >= 0.6 is 11.8 Å². The lowest BCUT2D eigenvalue weighted by Gasteiger charge is -2.09. The average Bonchev–Trinajstić information content (AvgIpc) is 2.47. The molecule has 0 saturated heterocycles. The van der Waals surface area contributed by atoms with Gasteiger partial charge in [0.15, 0.2) is 10.9 Å². The quantitative estimate of drug-likeness (QED) is 0.526. The van der Waals surface area contributed by atoms with Crippen LogP contribution in [0.15, 0.2) is 41.7 Å². The second kappa shape index (κ2) is 6.17. The van der Waals surface area contributed by atoms with Gasteiger partial charge < -0.3 is 5.73 Å². The van der Waals surface area contributed by atoms with E-state index in [1.807, 2.05) is 24.3 Å². The van der Waals surface area contributed by atoms with E-state index in [1.54, 1.807) is 19.1 Å². The molecule has 0 radical (unpaired) electrons. The largest absolute Gasteiger partial charge is 0.382 e. The zero-order valence-corrected chi connectivity index (χ0v) is 11.6. The Morgan fingerprint density at radius 3 is 2.70 bits per heavy atom. The molecule has 2 aromatic rings. The van der Waals surface area contributed by atoms with Crippen LogP contribution in [-0.4, -0.2) is 21.0 Å². The molecule has 1 unspecified atom stereocenters. The Balaban J connectivity index is 2.12. The predicted octanol–water partition coefficient (Wildman–Crippen LogP) is 2.29. The molecule has 0 spiro atoms. The third-order valence-corrected chi connectivity index (χ3v) is 3.60. The number of anilines is 1. The summed E-state index contributed by atoms with van der Waals surface area (Å²) in [5.41, 5.74) is 6.50. The van der Waals surface area contributed by atoms with Crippen LogP contribution in [0.2, 0.25) is 0 Å². The molecule has 20 heavy (non-hydrogen) atoms. The molecule has 0 aliphatic rings. The minimum absolute atomic E-state index is 0.00197. The molecule has 6 heteroatoms. The van der Waals surface area contributed by atoms with Gasteiger partial charge in [0.2, 0.25) is 0 Å². The molecule has 2 N–H and O–H groups in total. The van der Waals surface area contributed by atoms with E-state index in [9.17, 15) is 4.79 Å². The topological polar surface area (TPSA) is 92.7 Å². The van der Waals surface area contributed by atoms with Crippen LogP contribution in [0, 0.1) is 11.3 Å². The van der Waals surface area contributed by atoms with E-state index in [-0.39, 0.29) is 22.4 Å². The number of Topliss-reactive ketones (excluding diaryl/α,β-unsaturated/α-hetero) is 1. The maximum Gasteiger partial charge on any atom is 0.190 e. The molecule has 5 nitrogen and oxygen atoms in total. The van der Waals surface area contributed by atoms with Crippen molar-refractivity contribution in [3.63, 3.8) is 0 Å². The molecule has 0 aliphatic heterocycles. The number of ketones is 1. The fourth-order valence-electron chi connectivity index (χ4n) is 1.57. The molecule has 0 aliphatic carbocycles. The van der Waals surface area contributed by atoms with Gasteiger partial charge in [-0.1, -0.05) is 42.1 Å². The van der Waals surface area contributed by atoms with Crippen molar-refractivity contribution < 1.29 is 4.79 Å². The van der Waals surface area contributed by atoms with Crippen LogP contribution in [0.1, 0.15) is 22.8 Å². The Kier molecular flexibility index (Phi) is 4.33. The smallest absolute Gasteiger partial charge is 0.190 e. The Labute approximate surface area is 120 Å². The zero-order valence-electron chi connectivity index (χ0n) is 10.8. The van der Waals surface area contributed by atoms with Gasteiger partial charge in [-0.15, -0.1) is 0 Å². The van der Waals surface area contributed by atoms with E-state index < -0.39 is 0 Å². The highest BCUT2D eigenvalue weighted by Gasteiger charge is 2.18. The molecular weight excluding hydrogens is 272 g/mol. The zero-order chi connectivity index (χ0) is 14.5. The molecule has 1 heterocycles. The van der Waals surface area contributed by atoms with E-state index in [1.165, 1.54) is 18.0 Å². The molecular formula is C14H12N4OS. The summed E-state index contributed by atoms with van der Waals surface area (Å²) in [5, 5.41) is 8.82. The van der Waals surface area contributed by atoms with Crippen molar-refractivity contribution in [3.05, 3.63) is 47.7 Å². The summed E-state index contributed by atoms with van der Waals surface area (Å²) in [7, 11) is 0. The highest BCUT2D eigenvalue weighted by atomic mass is 32.2. The number of nitriles is 1. The number of hydrogen-bond acceptors (Lipinski definition) is 6. The highest BCUT2D eigenvalue weighted by Crippen LogP contribution is 2.23. The van der Waals surface area contributed by atoms with Crippen LogP contribution in [0.3, 0.4) is 0 Å². The van der Waals surface area contributed by atoms with E-state index in [4.69, 9.17) is 11.0 Å². The number of benzene rings is 1. The molecule has 1 aromatic heterocycles. The number of nitrogens with two attached hydrogens (primary N) is 1. The second-order valence-corrected chi connectivity index (χ2v) is 5.36. The van der Waals surface area contributed by atoms with Gasteiger partial charge in [0.05, 0.1) is 11.4 Å². The number of nitrogens with zero attached hydrogens (tertiary/aromatic N) is 3. The molecule has 1 aromatic carbocycles. The second-order valence-electron chi connectivity index (χ2n) is 4.05. The Morgan fingerprint density at radius 1 is 1.40 bits per heavy atom. The number of thioether (sulfide) groups is 1. The monoisotopic (exact) mass is 284 g/mol. The number of rotatable bonds is 4. The van der Waals surface area contributed by atoms with E-state index in [0.29, 0.717) is 10.7 Å². The Morgan fingerprint density at radius 2 is 2.10 bits per heavy atom. The molecule has 0 amide bonds. The normalized spacial score (nSPS) is 11.6. The van der Waals surface area contributed by atoms with Crippen molar-refractivity contribution in [1.82, 2.24) is 9.97 Å². The Hall–Kier alpha value is -2.39. The summed E-state index contributed by atoms with van der Waals surface area (Å²) in [5.74, 6) is 0.131. The summed E-state index contributed by atoms with van der Waals surface area (Å²) in [6.45, 7) is 1.79. The third kappa shape index (κ3) is 3.13. The molecule has 0 bridgehead atoms.